The first kappa shape index (κ1) is 36.2. The normalized spacial score (nSPS) is 16.9. The van der Waals surface area contributed by atoms with Crippen molar-refractivity contribution in [1.82, 2.24) is 9.97 Å². The molecule has 7 aromatic carbocycles. The molecule has 0 fully saturated rings. The minimum atomic E-state index is -0.143. The third-order valence-corrected chi connectivity index (χ3v) is 15.2. The van der Waals surface area contributed by atoms with Crippen LogP contribution in [-0.4, -0.2) is 9.97 Å². The molecule has 3 heterocycles. The molecule has 3 aromatic heterocycles. The molecule has 61 heavy (non-hydrogen) atoms. The van der Waals surface area contributed by atoms with Gasteiger partial charge in [0.2, 0.25) is 0 Å². The van der Waals surface area contributed by atoms with Crippen molar-refractivity contribution in [3.63, 3.8) is 0 Å². The number of aromatic nitrogens is 2. The lowest BCUT2D eigenvalue weighted by Gasteiger charge is -2.30. The van der Waals surface area contributed by atoms with Crippen LogP contribution in [0.3, 0.4) is 0 Å². The lowest BCUT2D eigenvalue weighted by atomic mass is 9.74. The number of nitrogens with zero attached hydrogens (tertiary/aromatic N) is 2. The van der Waals surface area contributed by atoms with Crippen LogP contribution in [0, 0.1) is 5.92 Å². The summed E-state index contributed by atoms with van der Waals surface area (Å²) in [5.41, 5.74) is 14.1. The highest BCUT2D eigenvalue weighted by Gasteiger charge is 2.33. The van der Waals surface area contributed by atoms with Crippen molar-refractivity contribution in [2.45, 2.75) is 25.2 Å². The van der Waals surface area contributed by atoms with E-state index in [2.05, 4.69) is 201 Å². The van der Waals surface area contributed by atoms with Crippen molar-refractivity contribution in [2.24, 2.45) is 5.92 Å². The fraction of sp³-hybridized carbons (Fsp3) is 0.0877. The zero-order valence-corrected chi connectivity index (χ0v) is 35.3. The molecule has 12 rings (SSSR count). The van der Waals surface area contributed by atoms with Gasteiger partial charge in [-0.25, -0.2) is 9.97 Å². The van der Waals surface area contributed by atoms with Gasteiger partial charge in [-0.2, -0.15) is 0 Å². The number of thiophene rings is 2. The van der Waals surface area contributed by atoms with Gasteiger partial charge in [0.15, 0.2) is 0 Å². The molecule has 3 atom stereocenters. The van der Waals surface area contributed by atoms with Gasteiger partial charge < -0.3 is 0 Å². The standard InChI is InChI=1S/C57H40N2S2/c1-35-25-28-45-47-21-12-23-49(56(47)61-53(45)31-35)51-34-50(48-22-11-20-46-44-19-8-9-24-52(44)60-55(46)48)58-57(59-51)54-42(40-18-10-17-38(32-40)36-13-4-2-5-14-36)30-27-41-33-39(26-29-43(41)54)37-15-6-3-7-16-37/h2-30,32-35,42,54H,31H2,1H3. The molecule has 4 heteroatoms. The molecule has 0 aliphatic heterocycles. The largest absolute Gasteiger partial charge is 0.232 e. The van der Waals surface area contributed by atoms with Crippen molar-refractivity contribution in [1.29, 1.82) is 0 Å². The Hall–Kier alpha value is -6.72. The van der Waals surface area contributed by atoms with E-state index in [9.17, 15) is 0 Å². The van der Waals surface area contributed by atoms with Gasteiger partial charge in [0.05, 0.1) is 17.3 Å². The predicted molar refractivity (Wildman–Crippen MR) is 260 cm³/mol. The van der Waals surface area contributed by atoms with Crippen LogP contribution in [0.1, 0.15) is 51.7 Å². The summed E-state index contributed by atoms with van der Waals surface area (Å²) in [6, 6.07) is 61.9. The van der Waals surface area contributed by atoms with E-state index >= 15 is 0 Å². The minimum Gasteiger partial charge on any atom is -0.232 e. The predicted octanol–water partition coefficient (Wildman–Crippen LogP) is 15.9. The number of rotatable bonds is 6. The van der Waals surface area contributed by atoms with Crippen molar-refractivity contribution in [2.75, 3.05) is 0 Å². The average molecular weight is 817 g/mol. The van der Waals surface area contributed by atoms with E-state index in [1.165, 1.54) is 85.2 Å². The molecule has 0 amide bonds. The van der Waals surface area contributed by atoms with Crippen molar-refractivity contribution >= 4 is 65.1 Å². The Labute approximate surface area is 363 Å². The monoisotopic (exact) mass is 816 g/mol. The number of hydrogen-bond donors (Lipinski definition) is 0. The molecule has 0 bridgehead atoms. The summed E-state index contributed by atoms with van der Waals surface area (Å²) in [5.74, 6) is 1.22. The molecule has 0 saturated heterocycles. The first-order valence-corrected chi connectivity index (χ1v) is 22.8. The lowest BCUT2D eigenvalue weighted by Crippen LogP contribution is -2.19. The third kappa shape index (κ3) is 6.29. The number of hydrogen-bond acceptors (Lipinski definition) is 4. The fourth-order valence-corrected chi connectivity index (χ4v) is 12.3. The Kier molecular flexibility index (Phi) is 8.76. The van der Waals surface area contributed by atoms with Gasteiger partial charge in [-0.1, -0.05) is 183 Å². The Bertz CT molecular complexity index is 3370. The van der Waals surface area contributed by atoms with Crippen LogP contribution in [-0.2, 0) is 6.42 Å². The molecule has 290 valence electrons. The molecule has 2 aliphatic carbocycles. The van der Waals surface area contributed by atoms with E-state index in [0.29, 0.717) is 5.92 Å². The summed E-state index contributed by atoms with van der Waals surface area (Å²) in [6.07, 6.45) is 10.5. The van der Waals surface area contributed by atoms with E-state index in [1.54, 1.807) is 0 Å². The zero-order chi connectivity index (χ0) is 40.4. The number of benzene rings is 7. The van der Waals surface area contributed by atoms with Gasteiger partial charge in [-0.05, 0) is 75.0 Å². The molecule has 0 radical (unpaired) electrons. The second kappa shape index (κ2) is 14.8. The molecule has 10 aromatic rings. The topological polar surface area (TPSA) is 25.8 Å². The van der Waals surface area contributed by atoms with Crippen LogP contribution in [0.4, 0.5) is 0 Å². The number of allylic oxidation sites excluding steroid dienone is 2. The highest BCUT2D eigenvalue weighted by atomic mass is 32.1. The Morgan fingerprint density at radius 2 is 1.15 bits per heavy atom. The van der Waals surface area contributed by atoms with Crippen molar-refractivity contribution < 1.29 is 0 Å². The quantitative estimate of drug-likeness (QED) is 0.167. The van der Waals surface area contributed by atoms with Gasteiger partial charge in [0.1, 0.15) is 5.82 Å². The summed E-state index contributed by atoms with van der Waals surface area (Å²) in [6.45, 7) is 2.31. The first-order valence-electron chi connectivity index (χ1n) is 21.2. The first-order chi connectivity index (χ1) is 30.1. The van der Waals surface area contributed by atoms with Crippen LogP contribution in [0.2, 0.25) is 0 Å². The van der Waals surface area contributed by atoms with Crippen LogP contribution < -0.4 is 0 Å². The van der Waals surface area contributed by atoms with Gasteiger partial charge in [-0.3, -0.25) is 0 Å². The van der Waals surface area contributed by atoms with Crippen LogP contribution in [0.5, 0.6) is 0 Å². The molecule has 3 unspecified atom stereocenters. The summed E-state index contributed by atoms with van der Waals surface area (Å²) >= 11 is 3.79. The van der Waals surface area contributed by atoms with E-state index in [-0.39, 0.29) is 11.8 Å². The molecular formula is C57H40N2S2. The summed E-state index contributed by atoms with van der Waals surface area (Å²) < 4.78 is 3.84. The Morgan fingerprint density at radius 1 is 0.508 bits per heavy atom. The maximum Gasteiger partial charge on any atom is 0.138 e. The van der Waals surface area contributed by atoms with Crippen LogP contribution in [0.25, 0.3) is 87.2 Å². The Morgan fingerprint density at radius 3 is 1.92 bits per heavy atom. The molecular weight excluding hydrogens is 777 g/mol. The van der Waals surface area contributed by atoms with Gasteiger partial charge >= 0.3 is 0 Å². The molecule has 2 nitrogen and oxygen atoms in total. The van der Waals surface area contributed by atoms with Crippen LogP contribution in [0.15, 0.2) is 182 Å². The molecule has 0 saturated carbocycles. The summed E-state index contributed by atoms with van der Waals surface area (Å²) in [4.78, 5) is 12.9. The van der Waals surface area contributed by atoms with E-state index in [1.807, 2.05) is 22.7 Å². The third-order valence-electron chi connectivity index (χ3n) is 12.7. The van der Waals surface area contributed by atoms with E-state index < -0.39 is 0 Å². The number of fused-ring (bicyclic) bond motifs is 7. The highest BCUT2D eigenvalue weighted by Crippen LogP contribution is 2.48. The van der Waals surface area contributed by atoms with E-state index in [0.717, 1.165) is 29.2 Å². The van der Waals surface area contributed by atoms with Crippen LogP contribution >= 0.6 is 22.7 Å². The minimum absolute atomic E-state index is 0.00146. The van der Waals surface area contributed by atoms with E-state index in [4.69, 9.17) is 9.97 Å². The lowest BCUT2D eigenvalue weighted by molar-refractivity contribution is 0.664. The average Bonchev–Trinajstić information content (AvgIpc) is 3.89. The Balaban J connectivity index is 1.11. The zero-order valence-electron chi connectivity index (χ0n) is 33.6. The maximum atomic E-state index is 5.73. The summed E-state index contributed by atoms with van der Waals surface area (Å²) in [7, 11) is 0. The molecule has 0 spiro atoms. The van der Waals surface area contributed by atoms with Gasteiger partial charge in [0.25, 0.3) is 0 Å². The van der Waals surface area contributed by atoms with Crippen molar-refractivity contribution in [3.05, 3.63) is 215 Å². The van der Waals surface area contributed by atoms with Gasteiger partial charge in [-0.15, -0.1) is 22.7 Å². The second-order valence-electron chi connectivity index (χ2n) is 16.5. The highest BCUT2D eigenvalue weighted by molar-refractivity contribution is 7.26. The maximum absolute atomic E-state index is 5.73. The fourth-order valence-electron chi connectivity index (χ4n) is 9.66. The second-order valence-corrected chi connectivity index (χ2v) is 18.7. The molecule has 2 aliphatic rings. The SMILES string of the molecule is CC1C=Cc2c(sc3c(-c4cc(-c5cccc6c5sc5ccccc56)nc(C5c6ccc(-c7ccccc7)cc6C=CC5c5cccc(-c6ccccc6)c5)n4)cccc23)C1. The summed E-state index contributed by atoms with van der Waals surface area (Å²) in [5, 5.41) is 3.86. The molecule has 0 N–H and O–H groups in total. The smallest absolute Gasteiger partial charge is 0.138 e. The van der Waals surface area contributed by atoms with Crippen molar-refractivity contribution in [3.8, 4) is 44.8 Å². The van der Waals surface area contributed by atoms with Gasteiger partial charge in [0, 0.05) is 52.2 Å².